The van der Waals surface area contributed by atoms with E-state index in [-0.39, 0.29) is 0 Å². The Balaban J connectivity index is 1.50. The largest absolute Gasteiger partial charge is 0.461 e. The number of hydrogen-bond acceptors (Lipinski definition) is 5. The van der Waals surface area contributed by atoms with E-state index in [9.17, 15) is 4.39 Å². The van der Waals surface area contributed by atoms with Gasteiger partial charge in [0.2, 0.25) is 5.95 Å². The van der Waals surface area contributed by atoms with E-state index in [1.807, 2.05) is 24.4 Å². The van der Waals surface area contributed by atoms with Crippen molar-refractivity contribution in [3.05, 3.63) is 65.2 Å². The van der Waals surface area contributed by atoms with E-state index in [0.717, 1.165) is 42.9 Å². The van der Waals surface area contributed by atoms with E-state index >= 15 is 0 Å². The summed E-state index contributed by atoms with van der Waals surface area (Å²) in [5.41, 5.74) is 3.80. The number of aryl methyl sites for hydroxylation is 1. The van der Waals surface area contributed by atoms with Crippen LogP contribution in [0.1, 0.15) is 22.4 Å². The van der Waals surface area contributed by atoms with Crippen LogP contribution in [0.5, 0.6) is 0 Å². The Kier molecular flexibility index (Phi) is 3.82. The number of halogens is 1. The molecule has 0 aliphatic carbocycles. The van der Waals surface area contributed by atoms with Crippen LogP contribution in [0.15, 0.2) is 41.3 Å². The molecule has 0 aromatic carbocycles. The zero-order chi connectivity index (χ0) is 16.5. The molecule has 0 radical (unpaired) electrons. The average molecular weight is 324 g/mol. The topological polar surface area (TPSA) is 55.1 Å². The van der Waals surface area contributed by atoms with Gasteiger partial charge < -0.3 is 4.42 Å². The van der Waals surface area contributed by atoms with E-state index in [0.29, 0.717) is 17.1 Å². The quantitative estimate of drug-likeness (QED) is 0.693. The summed E-state index contributed by atoms with van der Waals surface area (Å²) < 4.78 is 18.6. The minimum absolute atomic E-state index is 0.401. The molecule has 1 aliphatic heterocycles. The first-order chi connectivity index (χ1) is 11.7. The zero-order valence-electron chi connectivity index (χ0n) is 13.4. The van der Waals surface area contributed by atoms with Crippen LogP contribution in [0.25, 0.3) is 11.6 Å². The molecule has 3 aromatic heterocycles. The standard InChI is InChI=1S/C18H17FN4O/c1-12-7-13(8-20-17(12)19)10-23-5-4-15-14(11-23)9-21-18(22-15)16-3-2-6-24-16/h2-3,6-9H,4-5,10-11H2,1H3. The van der Waals surface area contributed by atoms with Gasteiger partial charge in [-0.2, -0.15) is 4.39 Å². The van der Waals surface area contributed by atoms with Gasteiger partial charge in [0, 0.05) is 49.6 Å². The third-order valence-corrected chi connectivity index (χ3v) is 4.23. The van der Waals surface area contributed by atoms with Gasteiger partial charge in [-0.15, -0.1) is 0 Å². The molecule has 4 rings (SSSR count). The highest BCUT2D eigenvalue weighted by molar-refractivity contribution is 5.46. The van der Waals surface area contributed by atoms with Crippen molar-refractivity contribution in [3.8, 4) is 11.6 Å². The molecule has 0 spiro atoms. The average Bonchev–Trinajstić information content (AvgIpc) is 3.12. The van der Waals surface area contributed by atoms with Gasteiger partial charge in [-0.3, -0.25) is 4.90 Å². The molecule has 122 valence electrons. The predicted molar refractivity (Wildman–Crippen MR) is 86.5 cm³/mol. The summed E-state index contributed by atoms with van der Waals surface area (Å²) in [5.74, 6) is 0.917. The van der Waals surface area contributed by atoms with Crippen molar-refractivity contribution in [3.63, 3.8) is 0 Å². The van der Waals surface area contributed by atoms with Crippen LogP contribution in [-0.2, 0) is 19.5 Å². The number of pyridine rings is 1. The Morgan fingerprint density at radius 1 is 1.29 bits per heavy atom. The first-order valence-electron chi connectivity index (χ1n) is 7.91. The Morgan fingerprint density at radius 3 is 3.00 bits per heavy atom. The van der Waals surface area contributed by atoms with Gasteiger partial charge >= 0.3 is 0 Å². The van der Waals surface area contributed by atoms with Crippen LogP contribution in [-0.4, -0.2) is 26.4 Å². The zero-order valence-corrected chi connectivity index (χ0v) is 13.4. The van der Waals surface area contributed by atoms with Crippen LogP contribution in [0.4, 0.5) is 4.39 Å². The molecule has 0 amide bonds. The molecule has 0 bridgehead atoms. The number of hydrogen-bond donors (Lipinski definition) is 0. The van der Waals surface area contributed by atoms with Crippen LogP contribution < -0.4 is 0 Å². The van der Waals surface area contributed by atoms with Gasteiger partial charge in [0.1, 0.15) is 0 Å². The second-order valence-electron chi connectivity index (χ2n) is 6.05. The van der Waals surface area contributed by atoms with Crippen molar-refractivity contribution in [2.45, 2.75) is 26.4 Å². The molecule has 0 atom stereocenters. The maximum atomic E-state index is 13.3. The van der Waals surface area contributed by atoms with E-state index in [1.54, 1.807) is 19.4 Å². The summed E-state index contributed by atoms with van der Waals surface area (Å²) in [6.07, 6.45) is 5.96. The highest BCUT2D eigenvalue weighted by atomic mass is 19.1. The molecule has 0 saturated heterocycles. The first kappa shape index (κ1) is 15.0. The Bertz CT molecular complexity index is 863. The summed E-state index contributed by atoms with van der Waals surface area (Å²) in [4.78, 5) is 15.1. The summed E-state index contributed by atoms with van der Waals surface area (Å²) in [5, 5.41) is 0. The van der Waals surface area contributed by atoms with Crippen molar-refractivity contribution in [2.75, 3.05) is 6.54 Å². The van der Waals surface area contributed by atoms with Gasteiger partial charge in [0.05, 0.1) is 12.0 Å². The second-order valence-corrected chi connectivity index (χ2v) is 6.05. The minimum Gasteiger partial charge on any atom is -0.461 e. The highest BCUT2D eigenvalue weighted by Gasteiger charge is 2.19. The molecule has 6 heteroatoms. The number of aromatic nitrogens is 3. The molecule has 0 N–H and O–H groups in total. The maximum Gasteiger partial charge on any atom is 0.215 e. The van der Waals surface area contributed by atoms with Crippen LogP contribution in [0.3, 0.4) is 0 Å². The van der Waals surface area contributed by atoms with E-state index in [1.165, 1.54) is 0 Å². The summed E-state index contributed by atoms with van der Waals surface area (Å²) >= 11 is 0. The number of rotatable bonds is 3. The Morgan fingerprint density at radius 2 is 2.21 bits per heavy atom. The molecule has 5 nitrogen and oxygen atoms in total. The predicted octanol–water partition coefficient (Wildman–Crippen LogP) is 3.14. The normalized spacial score (nSPS) is 14.6. The fraction of sp³-hybridized carbons (Fsp3) is 0.278. The second kappa shape index (κ2) is 6.13. The Hall–Kier alpha value is -2.60. The third-order valence-electron chi connectivity index (χ3n) is 4.23. The van der Waals surface area contributed by atoms with Crippen LogP contribution >= 0.6 is 0 Å². The first-order valence-corrected chi connectivity index (χ1v) is 7.91. The van der Waals surface area contributed by atoms with Crippen molar-refractivity contribution >= 4 is 0 Å². The highest BCUT2D eigenvalue weighted by Crippen LogP contribution is 2.22. The van der Waals surface area contributed by atoms with E-state index in [2.05, 4.69) is 19.9 Å². The summed E-state index contributed by atoms with van der Waals surface area (Å²) in [6.45, 7) is 4.16. The molecule has 3 aromatic rings. The maximum absolute atomic E-state index is 13.3. The lowest BCUT2D eigenvalue weighted by Crippen LogP contribution is -2.31. The molecule has 1 aliphatic rings. The molecule has 0 unspecified atom stereocenters. The lowest BCUT2D eigenvalue weighted by Gasteiger charge is -2.28. The fourth-order valence-electron chi connectivity index (χ4n) is 3.00. The molecule has 4 heterocycles. The SMILES string of the molecule is Cc1cc(CN2CCc3nc(-c4ccco4)ncc3C2)cnc1F. The fourth-order valence-corrected chi connectivity index (χ4v) is 3.00. The van der Waals surface area contributed by atoms with Crippen LogP contribution in [0.2, 0.25) is 0 Å². The molecule has 24 heavy (non-hydrogen) atoms. The molecular weight excluding hydrogens is 307 g/mol. The summed E-state index contributed by atoms with van der Waals surface area (Å²) in [6, 6.07) is 5.55. The van der Waals surface area contributed by atoms with Crippen molar-refractivity contribution in [1.82, 2.24) is 19.9 Å². The molecule has 0 saturated carbocycles. The van der Waals surface area contributed by atoms with Gasteiger partial charge in [0.15, 0.2) is 11.6 Å². The lowest BCUT2D eigenvalue weighted by molar-refractivity contribution is 0.242. The van der Waals surface area contributed by atoms with Crippen molar-refractivity contribution < 1.29 is 8.81 Å². The van der Waals surface area contributed by atoms with E-state index < -0.39 is 5.95 Å². The smallest absolute Gasteiger partial charge is 0.215 e. The summed E-state index contributed by atoms with van der Waals surface area (Å²) in [7, 11) is 0. The minimum atomic E-state index is -0.401. The molecule has 0 fully saturated rings. The van der Waals surface area contributed by atoms with Gasteiger partial charge in [-0.1, -0.05) is 0 Å². The number of furan rings is 1. The number of fused-ring (bicyclic) bond motifs is 1. The van der Waals surface area contributed by atoms with E-state index in [4.69, 9.17) is 4.42 Å². The third kappa shape index (κ3) is 2.92. The monoisotopic (exact) mass is 324 g/mol. The van der Waals surface area contributed by atoms with Gasteiger partial charge in [0.25, 0.3) is 0 Å². The number of nitrogens with zero attached hydrogens (tertiary/aromatic N) is 4. The van der Waals surface area contributed by atoms with Crippen molar-refractivity contribution in [2.24, 2.45) is 0 Å². The van der Waals surface area contributed by atoms with Crippen molar-refractivity contribution in [1.29, 1.82) is 0 Å². The van der Waals surface area contributed by atoms with Gasteiger partial charge in [-0.25, -0.2) is 15.0 Å². The lowest BCUT2D eigenvalue weighted by atomic mass is 10.1. The van der Waals surface area contributed by atoms with Gasteiger partial charge in [-0.05, 0) is 30.7 Å². The van der Waals surface area contributed by atoms with Crippen LogP contribution in [0, 0.1) is 12.9 Å². The molecular formula is C18H17FN4O. The Labute approximate surface area is 139 Å².